The monoisotopic (exact) mass is 509 g/mol. The van der Waals surface area contributed by atoms with Crippen molar-refractivity contribution in [3.05, 3.63) is 75.2 Å². The molecular formula is C26H28ClN5O4. The van der Waals surface area contributed by atoms with Crippen molar-refractivity contribution in [1.29, 1.82) is 0 Å². The van der Waals surface area contributed by atoms with Gasteiger partial charge in [0.1, 0.15) is 11.4 Å². The van der Waals surface area contributed by atoms with E-state index in [9.17, 15) is 15.0 Å². The highest BCUT2D eigenvalue weighted by Crippen LogP contribution is 2.30. The maximum absolute atomic E-state index is 12.9. The van der Waals surface area contributed by atoms with Gasteiger partial charge in [0.05, 0.1) is 42.1 Å². The normalized spacial score (nSPS) is 16.9. The lowest BCUT2D eigenvalue weighted by atomic mass is 10.1. The van der Waals surface area contributed by atoms with Crippen molar-refractivity contribution in [1.82, 2.24) is 15.0 Å². The number of aliphatic hydroxyl groups excluding tert-OH is 2. The number of hydrogen-bond acceptors (Lipinski definition) is 7. The average Bonchev–Trinajstić information content (AvgIpc) is 3.31. The van der Waals surface area contributed by atoms with Crippen LogP contribution in [0.4, 0.5) is 11.4 Å². The van der Waals surface area contributed by atoms with Crippen molar-refractivity contribution in [3.8, 4) is 11.4 Å². The summed E-state index contributed by atoms with van der Waals surface area (Å²) in [5.41, 5.74) is 4.84. The highest BCUT2D eigenvalue weighted by Gasteiger charge is 2.22. The molecule has 2 aromatic heterocycles. The minimum absolute atomic E-state index is 0.0233. The van der Waals surface area contributed by atoms with E-state index in [1.54, 1.807) is 36.5 Å². The molecule has 0 bridgehead atoms. The van der Waals surface area contributed by atoms with Crippen LogP contribution in [0, 0.1) is 6.92 Å². The number of nitrogens with zero attached hydrogens (tertiary/aromatic N) is 2. The molecular weight excluding hydrogens is 482 g/mol. The van der Waals surface area contributed by atoms with E-state index in [0.29, 0.717) is 40.8 Å². The molecule has 36 heavy (non-hydrogen) atoms. The van der Waals surface area contributed by atoms with Crippen LogP contribution in [0.2, 0.25) is 5.02 Å². The number of anilines is 2. The number of H-pyrrole nitrogens is 2. The van der Waals surface area contributed by atoms with Gasteiger partial charge in [0.2, 0.25) is 0 Å². The molecule has 1 fully saturated rings. The van der Waals surface area contributed by atoms with Crippen molar-refractivity contribution >= 4 is 34.0 Å². The molecule has 0 amide bonds. The molecule has 188 valence electrons. The number of aromatic nitrogens is 3. The number of aromatic amines is 2. The van der Waals surface area contributed by atoms with Gasteiger partial charge in [-0.1, -0.05) is 23.7 Å². The molecule has 0 radical (unpaired) electrons. The fourth-order valence-corrected chi connectivity index (χ4v) is 4.73. The van der Waals surface area contributed by atoms with E-state index in [2.05, 4.69) is 26.3 Å². The third-order valence-electron chi connectivity index (χ3n) is 6.39. The Morgan fingerprint density at radius 2 is 2.17 bits per heavy atom. The number of nitrogens with one attached hydrogen (secondary N) is 3. The van der Waals surface area contributed by atoms with Gasteiger partial charge < -0.3 is 35.1 Å². The molecule has 1 unspecified atom stereocenters. The lowest BCUT2D eigenvalue weighted by Gasteiger charge is -2.33. The molecule has 0 aliphatic carbocycles. The number of hydrogen-bond donors (Lipinski definition) is 5. The summed E-state index contributed by atoms with van der Waals surface area (Å²) in [5, 5.41) is 23.8. The van der Waals surface area contributed by atoms with Gasteiger partial charge in [0, 0.05) is 36.5 Å². The highest BCUT2D eigenvalue weighted by molar-refractivity contribution is 6.30. The molecule has 3 heterocycles. The van der Waals surface area contributed by atoms with Crippen molar-refractivity contribution in [2.75, 3.05) is 43.1 Å². The van der Waals surface area contributed by atoms with Gasteiger partial charge in [-0.2, -0.15) is 0 Å². The SMILES string of the molecule is Cc1cc(N2CCOC(CO)C2)cc2[nH]c(-c3c(NC[C@@H](O)c4cccc(Cl)c4)cc[nH]c3=O)nc12. The zero-order chi connectivity index (χ0) is 25.2. The van der Waals surface area contributed by atoms with E-state index in [1.807, 2.05) is 13.0 Å². The van der Waals surface area contributed by atoms with E-state index in [1.165, 1.54) is 0 Å². The summed E-state index contributed by atoms with van der Waals surface area (Å²) in [7, 11) is 0. The van der Waals surface area contributed by atoms with Crippen molar-refractivity contribution in [2.24, 2.45) is 0 Å². The van der Waals surface area contributed by atoms with Gasteiger partial charge in [-0.25, -0.2) is 4.98 Å². The number of benzene rings is 2. The molecule has 1 saturated heterocycles. The second-order valence-electron chi connectivity index (χ2n) is 8.91. The van der Waals surface area contributed by atoms with E-state index < -0.39 is 6.10 Å². The number of ether oxygens (including phenoxy) is 1. The molecule has 5 rings (SSSR count). The summed E-state index contributed by atoms with van der Waals surface area (Å²) in [6.45, 7) is 4.02. The predicted molar refractivity (Wildman–Crippen MR) is 141 cm³/mol. The van der Waals surface area contributed by atoms with Crippen molar-refractivity contribution < 1.29 is 14.9 Å². The summed E-state index contributed by atoms with van der Waals surface area (Å²) >= 11 is 6.05. The minimum atomic E-state index is -0.812. The van der Waals surface area contributed by atoms with Gasteiger partial charge in [0.25, 0.3) is 5.56 Å². The first-order valence-corrected chi connectivity index (χ1v) is 12.2. The summed E-state index contributed by atoms with van der Waals surface area (Å²) in [6.07, 6.45) is 0.528. The molecule has 4 aromatic rings. The topological polar surface area (TPSA) is 126 Å². The van der Waals surface area contributed by atoms with Gasteiger partial charge >= 0.3 is 0 Å². The number of aliphatic hydroxyl groups is 2. The summed E-state index contributed by atoms with van der Waals surface area (Å²) < 4.78 is 5.58. The molecule has 2 atom stereocenters. The zero-order valence-corrected chi connectivity index (χ0v) is 20.5. The van der Waals surface area contributed by atoms with E-state index >= 15 is 0 Å². The first-order chi connectivity index (χ1) is 17.4. The Labute approximate surface area is 212 Å². The zero-order valence-electron chi connectivity index (χ0n) is 19.8. The number of fused-ring (bicyclic) bond motifs is 1. The summed E-state index contributed by atoms with van der Waals surface area (Å²) in [5.74, 6) is 0.432. The molecule has 10 heteroatoms. The fourth-order valence-electron chi connectivity index (χ4n) is 4.54. The Morgan fingerprint density at radius 3 is 2.97 bits per heavy atom. The Bertz CT molecular complexity index is 1440. The van der Waals surface area contributed by atoms with E-state index in [4.69, 9.17) is 21.3 Å². The molecule has 9 nitrogen and oxygen atoms in total. The van der Waals surface area contributed by atoms with Crippen LogP contribution in [0.3, 0.4) is 0 Å². The van der Waals surface area contributed by atoms with Gasteiger partial charge in [-0.05, 0) is 48.4 Å². The number of rotatable bonds is 7. The van der Waals surface area contributed by atoms with Crippen LogP contribution in [0.1, 0.15) is 17.2 Å². The van der Waals surface area contributed by atoms with Crippen LogP contribution >= 0.6 is 11.6 Å². The molecule has 2 aromatic carbocycles. The first kappa shape index (κ1) is 24.3. The fraction of sp³-hybridized carbons (Fsp3) is 0.308. The first-order valence-electron chi connectivity index (χ1n) is 11.8. The van der Waals surface area contributed by atoms with Gasteiger partial charge in [-0.3, -0.25) is 4.79 Å². The van der Waals surface area contributed by atoms with Crippen LogP contribution in [0.15, 0.2) is 53.5 Å². The highest BCUT2D eigenvalue weighted by atomic mass is 35.5. The van der Waals surface area contributed by atoms with E-state index in [-0.39, 0.29) is 24.8 Å². The van der Waals surface area contributed by atoms with E-state index in [0.717, 1.165) is 28.8 Å². The Kier molecular flexibility index (Phi) is 6.97. The number of pyridine rings is 1. The smallest absolute Gasteiger partial charge is 0.261 e. The standard InChI is InChI=1S/C26H28ClN5O4/c1-15-9-18(32-7-8-36-19(13-32)14-33)11-21-24(15)31-25(30-21)23-20(5-6-28-26(23)35)29-12-22(34)16-3-2-4-17(27)10-16/h2-6,9-11,19,22,33-34H,7-8,12-14H2,1H3,(H,30,31)(H2,28,29,35)/t19?,22-/m1/s1. The number of imidazole rings is 1. The number of morpholine rings is 1. The maximum Gasteiger partial charge on any atom is 0.261 e. The minimum Gasteiger partial charge on any atom is -0.394 e. The average molecular weight is 510 g/mol. The lowest BCUT2D eigenvalue weighted by molar-refractivity contribution is 0.00357. The quantitative estimate of drug-likeness (QED) is 0.259. The van der Waals surface area contributed by atoms with Gasteiger partial charge in [-0.15, -0.1) is 0 Å². The second-order valence-corrected chi connectivity index (χ2v) is 9.35. The van der Waals surface area contributed by atoms with Crippen LogP contribution in [0.5, 0.6) is 0 Å². The molecule has 0 saturated carbocycles. The Hall–Kier alpha value is -3.37. The molecule has 0 spiro atoms. The molecule has 1 aliphatic heterocycles. The predicted octanol–water partition coefficient (Wildman–Crippen LogP) is 3.22. The lowest BCUT2D eigenvalue weighted by Crippen LogP contribution is -2.44. The van der Waals surface area contributed by atoms with Crippen LogP contribution in [-0.2, 0) is 4.74 Å². The third-order valence-corrected chi connectivity index (χ3v) is 6.62. The van der Waals surface area contributed by atoms with Crippen molar-refractivity contribution in [3.63, 3.8) is 0 Å². The second kappa shape index (κ2) is 10.3. The van der Waals surface area contributed by atoms with Gasteiger partial charge in [0.15, 0.2) is 0 Å². The van der Waals surface area contributed by atoms with Crippen LogP contribution in [-0.4, -0.2) is 64.1 Å². The molecule has 5 N–H and O–H groups in total. The third kappa shape index (κ3) is 4.96. The van der Waals surface area contributed by atoms with Crippen LogP contribution < -0.4 is 15.8 Å². The maximum atomic E-state index is 12.9. The largest absolute Gasteiger partial charge is 0.394 e. The molecule has 1 aliphatic rings. The summed E-state index contributed by atoms with van der Waals surface area (Å²) in [6, 6.07) is 12.9. The summed E-state index contributed by atoms with van der Waals surface area (Å²) in [4.78, 5) is 25.8. The number of halogens is 1. The Balaban J connectivity index is 1.44. The van der Waals surface area contributed by atoms with Crippen LogP contribution in [0.25, 0.3) is 22.4 Å². The number of aryl methyl sites for hydroxylation is 1. The van der Waals surface area contributed by atoms with Crippen molar-refractivity contribution in [2.45, 2.75) is 19.1 Å². The Morgan fingerprint density at radius 1 is 1.31 bits per heavy atom.